The molecule has 2 heterocycles. The summed E-state index contributed by atoms with van der Waals surface area (Å²) in [6.07, 6.45) is 3.86. The van der Waals surface area contributed by atoms with Crippen molar-refractivity contribution in [3.05, 3.63) is 77.1 Å². The molecule has 1 fully saturated rings. The first-order valence-electron chi connectivity index (χ1n) is 11.6. The number of benzene rings is 3. The Morgan fingerprint density at radius 2 is 1.91 bits per heavy atom. The van der Waals surface area contributed by atoms with Gasteiger partial charge in [0.25, 0.3) is 0 Å². The Kier molecular flexibility index (Phi) is 6.61. The van der Waals surface area contributed by atoms with Crippen molar-refractivity contribution in [1.29, 1.82) is 0 Å². The number of primary amides is 1. The third-order valence-electron chi connectivity index (χ3n) is 6.35. The van der Waals surface area contributed by atoms with E-state index >= 15 is 0 Å². The largest absolute Gasteiger partial charge is 0.457 e. The van der Waals surface area contributed by atoms with Crippen LogP contribution < -0.4 is 15.8 Å². The Labute approximate surface area is 208 Å². The number of nitrogens with zero attached hydrogens (tertiary/aromatic N) is 2. The molecule has 4 aromatic rings. The van der Waals surface area contributed by atoms with Gasteiger partial charge in [0, 0.05) is 48.2 Å². The number of rotatable bonds is 7. The van der Waals surface area contributed by atoms with Crippen molar-refractivity contribution in [3.8, 4) is 17.2 Å². The molecular formula is C27H27ClN4O3. The van der Waals surface area contributed by atoms with E-state index in [1.54, 1.807) is 24.5 Å². The highest BCUT2D eigenvalue weighted by atomic mass is 35.5. The summed E-state index contributed by atoms with van der Waals surface area (Å²) in [5.74, 6) is 1.48. The number of nitrogens with two attached hydrogens (primary N) is 1. The summed E-state index contributed by atoms with van der Waals surface area (Å²) >= 11 is 6.04. The molecule has 0 bridgehead atoms. The lowest BCUT2D eigenvalue weighted by Crippen LogP contribution is -2.22. The number of halogens is 1. The van der Waals surface area contributed by atoms with E-state index in [-0.39, 0.29) is 0 Å². The zero-order chi connectivity index (χ0) is 24.4. The van der Waals surface area contributed by atoms with Crippen LogP contribution in [0.5, 0.6) is 11.5 Å². The number of nitrogens with one attached hydrogen (secondary N) is 1. The first-order chi connectivity index (χ1) is 17.0. The van der Waals surface area contributed by atoms with Gasteiger partial charge in [0.15, 0.2) is 0 Å². The maximum absolute atomic E-state index is 11.7. The zero-order valence-corrected chi connectivity index (χ0v) is 20.2. The highest BCUT2D eigenvalue weighted by Gasteiger charge is 2.17. The van der Waals surface area contributed by atoms with Crippen molar-refractivity contribution in [2.45, 2.75) is 19.8 Å². The minimum atomic E-state index is -0.442. The minimum Gasteiger partial charge on any atom is -0.457 e. The molecule has 0 radical (unpaired) electrons. The molecule has 5 rings (SSSR count). The molecule has 35 heavy (non-hydrogen) atoms. The first-order valence-corrected chi connectivity index (χ1v) is 12.0. The monoisotopic (exact) mass is 490 g/mol. The van der Waals surface area contributed by atoms with Crippen molar-refractivity contribution in [1.82, 2.24) is 9.55 Å². The van der Waals surface area contributed by atoms with Crippen LogP contribution in [0.15, 0.2) is 60.9 Å². The molecule has 1 saturated heterocycles. The quantitative estimate of drug-likeness (QED) is 0.346. The molecule has 1 aromatic heterocycles. The van der Waals surface area contributed by atoms with Crippen LogP contribution in [0.3, 0.4) is 0 Å². The van der Waals surface area contributed by atoms with Crippen molar-refractivity contribution < 1.29 is 14.3 Å². The van der Waals surface area contributed by atoms with E-state index in [9.17, 15) is 4.79 Å². The third-order valence-corrected chi connectivity index (χ3v) is 6.60. The summed E-state index contributed by atoms with van der Waals surface area (Å²) in [7, 11) is 0. The lowest BCUT2D eigenvalue weighted by Gasteiger charge is -2.23. The standard InChI is InChI=1S/C27H27ClN4O3/c1-17-12-20(4-7-23(17)27(29)33)32-16-31-26-24(30-15-18-8-10-34-11-9-18)13-22(14-25(26)32)35-21-5-2-19(28)3-6-21/h2-7,12-14,16,18,30H,8-11,15H2,1H3,(H2,29,33). The Morgan fingerprint density at radius 1 is 1.14 bits per heavy atom. The number of hydrogen-bond donors (Lipinski definition) is 2. The smallest absolute Gasteiger partial charge is 0.248 e. The minimum absolute atomic E-state index is 0.442. The Hall–Kier alpha value is -3.55. The topological polar surface area (TPSA) is 91.4 Å². The van der Waals surface area contributed by atoms with Gasteiger partial charge in [-0.2, -0.15) is 0 Å². The predicted molar refractivity (Wildman–Crippen MR) is 138 cm³/mol. The summed E-state index contributed by atoms with van der Waals surface area (Å²) in [5, 5.41) is 4.25. The molecule has 1 amide bonds. The average Bonchev–Trinajstić information content (AvgIpc) is 3.28. The first kappa shape index (κ1) is 23.2. The highest BCUT2D eigenvalue weighted by Crippen LogP contribution is 2.34. The van der Waals surface area contributed by atoms with Gasteiger partial charge in [0.05, 0.1) is 11.2 Å². The summed E-state index contributed by atoms with van der Waals surface area (Å²) < 4.78 is 13.7. The molecule has 0 spiro atoms. The molecule has 3 N–H and O–H groups in total. The summed E-state index contributed by atoms with van der Waals surface area (Å²) in [5.41, 5.74) is 10.3. The number of anilines is 1. The fraction of sp³-hybridized carbons (Fsp3) is 0.259. The van der Waals surface area contributed by atoms with Gasteiger partial charge in [0.1, 0.15) is 23.3 Å². The zero-order valence-electron chi connectivity index (χ0n) is 19.5. The molecular weight excluding hydrogens is 464 g/mol. The number of imidazole rings is 1. The van der Waals surface area contributed by atoms with Gasteiger partial charge in [-0.05, 0) is 73.7 Å². The predicted octanol–water partition coefficient (Wildman–Crippen LogP) is 5.72. The maximum atomic E-state index is 11.7. The van der Waals surface area contributed by atoms with Crippen LogP contribution in [0.1, 0.15) is 28.8 Å². The summed E-state index contributed by atoms with van der Waals surface area (Å²) in [6, 6.07) is 16.8. The van der Waals surface area contributed by atoms with Gasteiger partial charge in [0.2, 0.25) is 5.91 Å². The van der Waals surface area contributed by atoms with Gasteiger partial charge in [-0.25, -0.2) is 4.98 Å². The maximum Gasteiger partial charge on any atom is 0.248 e. The van der Waals surface area contributed by atoms with Gasteiger partial charge in [-0.15, -0.1) is 0 Å². The second kappa shape index (κ2) is 9.98. The van der Waals surface area contributed by atoms with Gasteiger partial charge < -0.3 is 20.5 Å². The number of amides is 1. The van der Waals surface area contributed by atoms with E-state index in [0.717, 1.165) is 60.6 Å². The van der Waals surface area contributed by atoms with Crippen molar-refractivity contribution in [2.75, 3.05) is 25.1 Å². The average molecular weight is 491 g/mol. The normalized spacial score (nSPS) is 14.2. The molecule has 8 heteroatoms. The molecule has 1 aliphatic rings. The molecule has 180 valence electrons. The van der Waals surface area contributed by atoms with E-state index in [2.05, 4.69) is 5.32 Å². The van der Waals surface area contributed by atoms with Crippen LogP contribution in [-0.4, -0.2) is 35.2 Å². The lowest BCUT2D eigenvalue weighted by atomic mass is 10.0. The molecule has 0 aliphatic carbocycles. The van der Waals surface area contributed by atoms with E-state index in [4.69, 9.17) is 31.8 Å². The molecule has 3 aromatic carbocycles. The van der Waals surface area contributed by atoms with Gasteiger partial charge in [-0.1, -0.05) is 11.6 Å². The van der Waals surface area contributed by atoms with Crippen LogP contribution in [0, 0.1) is 12.8 Å². The van der Waals surface area contributed by atoms with Crippen LogP contribution in [0.4, 0.5) is 5.69 Å². The van der Waals surface area contributed by atoms with E-state index in [1.807, 2.05) is 47.9 Å². The number of ether oxygens (including phenoxy) is 2. The molecule has 7 nitrogen and oxygen atoms in total. The van der Waals surface area contributed by atoms with E-state index < -0.39 is 5.91 Å². The number of carbonyl (C=O) groups excluding carboxylic acids is 1. The second-order valence-corrected chi connectivity index (χ2v) is 9.25. The Morgan fingerprint density at radius 3 is 2.63 bits per heavy atom. The van der Waals surface area contributed by atoms with Crippen molar-refractivity contribution in [2.24, 2.45) is 11.7 Å². The summed E-state index contributed by atoms with van der Waals surface area (Å²) in [6.45, 7) is 4.31. The Bertz CT molecular complexity index is 1360. The number of carbonyl (C=O) groups is 1. The van der Waals surface area contributed by atoms with Crippen LogP contribution in [0.25, 0.3) is 16.7 Å². The highest BCUT2D eigenvalue weighted by molar-refractivity contribution is 6.30. The lowest BCUT2D eigenvalue weighted by molar-refractivity contribution is 0.0699. The van der Waals surface area contributed by atoms with Crippen molar-refractivity contribution in [3.63, 3.8) is 0 Å². The van der Waals surface area contributed by atoms with Crippen LogP contribution in [0.2, 0.25) is 5.02 Å². The molecule has 0 unspecified atom stereocenters. The van der Waals surface area contributed by atoms with Gasteiger partial charge in [-0.3, -0.25) is 9.36 Å². The number of hydrogen-bond acceptors (Lipinski definition) is 5. The van der Waals surface area contributed by atoms with Crippen LogP contribution >= 0.6 is 11.6 Å². The van der Waals surface area contributed by atoms with Crippen LogP contribution in [-0.2, 0) is 4.74 Å². The number of aromatic nitrogens is 2. The van der Waals surface area contributed by atoms with E-state index in [0.29, 0.717) is 28.0 Å². The number of aryl methyl sites for hydroxylation is 1. The third kappa shape index (κ3) is 5.11. The fourth-order valence-corrected chi connectivity index (χ4v) is 4.53. The fourth-order valence-electron chi connectivity index (χ4n) is 4.41. The molecule has 0 atom stereocenters. The second-order valence-electron chi connectivity index (χ2n) is 8.81. The SMILES string of the molecule is Cc1cc(-n2cnc3c(NCC4CCOCC4)cc(Oc4ccc(Cl)cc4)cc32)ccc1C(N)=O. The van der Waals surface area contributed by atoms with E-state index in [1.165, 1.54) is 0 Å². The summed E-state index contributed by atoms with van der Waals surface area (Å²) in [4.78, 5) is 16.4. The van der Waals surface area contributed by atoms with Crippen molar-refractivity contribution >= 4 is 34.2 Å². The Balaban J connectivity index is 1.54. The number of fused-ring (bicyclic) bond motifs is 1. The van der Waals surface area contributed by atoms with Gasteiger partial charge >= 0.3 is 0 Å². The molecule has 1 aliphatic heterocycles. The molecule has 0 saturated carbocycles.